The van der Waals surface area contributed by atoms with Crippen molar-refractivity contribution in [3.63, 3.8) is 0 Å². The van der Waals surface area contributed by atoms with Gasteiger partial charge in [-0.3, -0.25) is 4.79 Å². The van der Waals surface area contributed by atoms with Crippen molar-refractivity contribution in [2.24, 2.45) is 0 Å². The molecule has 0 radical (unpaired) electrons. The zero-order valence-electron chi connectivity index (χ0n) is 5.29. The standard InChI is InChI=1S/C6H9FO/c1-4(2)6(7)5(3)8/h1-3H3. The number of carbonyl (C=O) groups excluding carboxylic acids is 1. The van der Waals surface area contributed by atoms with E-state index in [4.69, 9.17) is 0 Å². The van der Waals surface area contributed by atoms with E-state index in [0.717, 1.165) is 0 Å². The number of hydrogen-bond donors (Lipinski definition) is 0. The van der Waals surface area contributed by atoms with Crippen LogP contribution in [0.1, 0.15) is 20.8 Å². The van der Waals surface area contributed by atoms with Gasteiger partial charge in [0.2, 0.25) is 0 Å². The summed E-state index contributed by atoms with van der Waals surface area (Å²) < 4.78 is 12.2. The third-order valence-corrected chi connectivity index (χ3v) is 0.748. The fourth-order valence-electron chi connectivity index (χ4n) is 0.352. The molecule has 0 amide bonds. The largest absolute Gasteiger partial charge is 0.292 e. The Balaban J connectivity index is 4.23. The third kappa shape index (κ3) is 1.87. The summed E-state index contributed by atoms with van der Waals surface area (Å²) in [6.07, 6.45) is 0. The Morgan fingerprint density at radius 1 is 1.25 bits per heavy atom. The van der Waals surface area contributed by atoms with Crippen LogP contribution in [0.3, 0.4) is 0 Å². The predicted octanol–water partition coefficient (Wildman–Crippen LogP) is 1.84. The number of Topliss-reactive ketones (excluding diaryl/α,β-unsaturated/α-hetero) is 1. The van der Waals surface area contributed by atoms with Gasteiger partial charge in [0.15, 0.2) is 11.6 Å². The summed E-state index contributed by atoms with van der Waals surface area (Å²) in [4.78, 5) is 10.2. The minimum atomic E-state index is -0.620. The number of ketones is 1. The molecule has 0 rings (SSSR count). The molecule has 0 unspecified atom stereocenters. The molecule has 0 heterocycles. The first-order valence-corrected chi connectivity index (χ1v) is 2.39. The summed E-state index contributed by atoms with van der Waals surface area (Å²) in [5.41, 5.74) is 0.442. The van der Waals surface area contributed by atoms with E-state index < -0.39 is 11.6 Å². The lowest BCUT2D eigenvalue weighted by atomic mass is 10.2. The van der Waals surface area contributed by atoms with Crippen LogP contribution in [0.15, 0.2) is 11.4 Å². The molecule has 8 heavy (non-hydrogen) atoms. The van der Waals surface area contributed by atoms with Crippen molar-refractivity contribution in [3.05, 3.63) is 11.4 Å². The molecule has 0 saturated carbocycles. The summed E-state index contributed by atoms with van der Waals surface area (Å²) in [7, 11) is 0. The van der Waals surface area contributed by atoms with Crippen LogP contribution < -0.4 is 0 Å². The molecular formula is C6H9FO. The minimum absolute atomic E-state index is 0.442. The summed E-state index contributed by atoms with van der Waals surface area (Å²) in [5, 5.41) is 0. The van der Waals surface area contributed by atoms with Crippen LogP contribution >= 0.6 is 0 Å². The zero-order chi connectivity index (χ0) is 6.73. The average Bonchev–Trinajstić information content (AvgIpc) is 1.64. The zero-order valence-corrected chi connectivity index (χ0v) is 5.29. The maximum absolute atomic E-state index is 12.2. The molecule has 1 nitrogen and oxygen atoms in total. The van der Waals surface area contributed by atoms with Crippen molar-refractivity contribution in [1.29, 1.82) is 0 Å². The van der Waals surface area contributed by atoms with E-state index in [1.54, 1.807) is 13.8 Å². The summed E-state index contributed by atoms with van der Waals surface area (Å²) in [5.74, 6) is -1.12. The van der Waals surface area contributed by atoms with Crippen molar-refractivity contribution < 1.29 is 9.18 Å². The van der Waals surface area contributed by atoms with Crippen molar-refractivity contribution in [2.45, 2.75) is 20.8 Å². The number of rotatable bonds is 1. The summed E-state index contributed by atoms with van der Waals surface area (Å²) in [6.45, 7) is 4.34. The van der Waals surface area contributed by atoms with E-state index >= 15 is 0 Å². The van der Waals surface area contributed by atoms with Crippen LogP contribution in [0, 0.1) is 0 Å². The topological polar surface area (TPSA) is 17.1 Å². The first-order chi connectivity index (χ1) is 3.55. The van der Waals surface area contributed by atoms with Gasteiger partial charge in [0.05, 0.1) is 0 Å². The highest BCUT2D eigenvalue weighted by Gasteiger charge is 2.01. The van der Waals surface area contributed by atoms with E-state index in [1.807, 2.05) is 0 Å². The van der Waals surface area contributed by atoms with E-state index in [0.29, 0.717) is 5.57 Å². The van der Waals surface area contributed by atoms with Gasteiger partial charge in [-0.15, -0.1) is 0 Å². The predicted molar refractivity (Wildman–Crippen MR) is 30.2 cm³/mol. The van der Waals surface area contributed by atoms with Gasteiger partial charge in [-0.05, 0) is 19.4 Å². The van der Waals surface area contributed by atoms with Crippen LogP contribution in [0.4, 0.5) is 4.39 Å². The monoisotopic (exact) mass is 116 g/mol. The highest BCUT2D eigenvalue weighted by molar-refractivity contribution is 5.91. The maximum atomic E-state index is 12.2. The Bertz CT molecular complexity index is 131. The normalized spacial score (nSPS) is 8.50. The van der Waals surface area contributed by atoms with Crippen LogP contribution in [0.25, 0.3) is 0 Å². The van der Waals surface area contributed by atoms with Crippen molar-refractivity contribution in [1.82, 2.24) is 0 Å². The Morgan fingerprint density at radius 3 is 1.62 bits per heavy atom. The fraction of sp³-hybridized carbons (Fsp3) is 0.500. The molecule has 0 N–H and O–H groups in total. The molecule has 0 fully saturated rings. The fourth-order valence-corrected chi connectivity index (χ4v) is 0.352. The van der Waals surface area contributed by atoms with E-state index in [1.165, 1.54) is 6.92 Å². The third-order valence-electron chi connectivity index (χ3n) is 0.748. The van der Waals surface area contributed by atoms with Gasteiger partial charge in [0.25, 0.3) is 0 Å². The van der Waals surface area contributed by atoms with E-state index in [2.05, 4.69) is 0 Å². The lowest BCUT2D eigenvalue weighted by molar-refractivity contribution is -0.115. The van der Waals surface area contributed by atoms with Gasteiger partial charge in [-0.2, -0.15) is 0 Å². The highest BCUT2D eigenvalue weighted by Crippen LogP contribution is 2.04. The van der Waals surface area contributed by atoms with Crippen LogP contribution in [0.2, 0.25) is 0 Å². The molecule has 0 saturated heterocycles. The second-order valence-electron chi connectivity index (χ2n) is 1.87. The molecule has 0 atom stereocenters. The molecular weight excluding hydrogens is 107 g/mol. The van der Waals surface area contributed by atoms with Gasteiger partial charge >= 0.3 is 0 Å². The maximum Gasteiger partial charge on any atom is 0.188 e. The molecule has 0 aliphatic rings. The number of carbonyl (C=O) groups is 1. The summed E-state index contributed by atoms with van der Waals surface area (Å²) >= 11 is 0. The lowest BCUT2D eigenvalue weighted by Crippen LogP contribution is -1.90. The Morgan fingerprint density at radius 2 is 1.62 bits per heavy atom. The number of allylic oxidation sites excluding steroid dienone is 2. The molecule has 0 aromatic heterocycles. The molecule has 0 aromatic rings. The molecule has 2 heteroatoms. The molecule has 0 bridgehead atoms. The minimum Gasteiger partial charge on any atom is -0.292 e. The first-order valence-electron chi connectivity index (χ1n) is 2.39. The van der Waals surface area contributed by atoms with Gasteiger partial charge < -0.3 is 0 Å². The molecule has 0 aromatic carbocycles. The van der Waals surface area contributed by atoms with Gasteiger partial charge in [0, 0.05) is 6.92 Å². The quantitative estimate of drug-likeness (QED) is 0.478. The Kier molecular flexibility index (Phi) is 2.38. The lowest BCUT2D eigenvalue weighted by Gasteiger charge is -1.89. The average molecular weight is 116 g/mol. The van der Waals surface area contributed by atoms with Crippen molar-refractivity contribution in [3.8, 4) is 0 Å². The molecule has 0 aliphatic carbocycles. The van der Waals surface area contributed by atoms with Gasteiger partial charge in [0.1, 0.15) is 0 Å². The molecule has 46 valence electrons. The SMILES string of the molecule is CC(=O)C(F)=C(C)C. The molecule has 0 aliphatic heterocycles. The number of hydrogen-bond acceptors (Lipinski definition) is 1. The van der Waals surface area contributed by atoms with E-state index in [-0.39, 0.29) is 0 Å². The molecule has 0 spiro atoms. The number of halogens is 1. The Hall–Kier alpha value is -0.660. The summed E-state index contributed by atoms with van der Waals surface area (Å²) in [6, 6.07) is 0. The Labute approximate surface area is 48.2 Å². The van der Waals surface area contributed by atoms with E-state index in [9.17, 15) is 9.18 Å². The van der Waals surface area contributed by atoms with Gasteiger partial charge in [-0.25, -0.2) is 4.39 Å². The second-order valence-corrected chi connectivity index (χ2v) is 1.87. The van der Waals surface area contributed by atoms with Gasteiger partial charge in [-0.1, -0.05) is 0 Å². The van der Waals surface area contributed by atoms with Crippen LogP contribution in [0.5, 0.6) is 0 Å². The highest BCUT2D eigenvalue weighted by atomic mass is 19.1. The van der Waals surface area contributed by atoms with Crippen LogP contribution in [-0.4, -0.2) is 5.78 Å². The smallest absolute Gasteiger partial charge is 0.188 e. The van der Waals surface area contributed by atoms with Crippen LogP contribution in [-0.2, 0) is 4.79 Å². The van der Waals surface area contributed by atoms with Crippen molar-refractivity contribution >= 4 is 5.78 Å². The van der Waals surface area contributed by atoms with Crippen molar-refractivity contribution in [2.75, 3.05) is 0 Å². The second kappa shape index (κ2) is 2.60. The first kappa shape index (κ1) is 7.34.